The molecule has 1 atom stereocenters. The lowest BCUT2D eigenvalue weighted by molar-refractivity contribution is 0.512. The Morgan fingerprint density at radius 3 is 3.36 bits per heavy atom. The smallest absolute Gasteiger partial charge is 0.0795 e. The second-order valence-electron chi connectivity index (χ2n) is 3.34. The van der Waals surface area contributed by atoms with Crippen molar-refractivity contribution in [1.29, 1.82) is 0 Å². The van der Waals surface area contributed by atoms with E-state index in [1.165, 1.54) is 11.5 Å². The van der Waals surface area contributed by atoms with Crippen LogP contribution in [0.25, 0.3) is 0 Å². The van der Waals surface area contributed by atoms with Crippen LogP contribution in [0.2, 0.25) is 0 Å². The minimum Gasteiger partial charge on any atom is -0.311 e. The highest BCUT2D eigenvalue weighted by atomic mass is 32.2. The second kappa shape index (κ2) is 5.70. The monoisotopic (exact) mass is 229 g/mol. The van der Waals surface area contributed by atoms with Gasteiger partial charge in [0.15, 0.2) is 0 Å². The van der Waals surface area contributed by atoms with Crippen LogP contribution in [0.1, 0.15) is 5.69 Å². The molecule has 1 saturated heterocycles. The van der Waals surface area contributed by atoms with Gasteiger partial charge in [0.25, 0.3) is 0 Å². The van der Waals surface area contributed by atoms with Crippen LogP contribution in [-0.2, 0) is 6.54 Å². The zero-order valence-corrected chi connectivity index (χ0v) is 9.66. The Bertz CT molecular complexity index is 245. The van der Waals surface area contributed by atoms with E-state index in [1.54, 1.807) is 11.3 Å². The van der Waals surface area contributed by atoms with Crippen molar-refractivity contribution in [3.05, 3.63) is 16.6 Å². The fourth-order valence-corrected chi connectivity index (χ4v) is 2.96. The van der Waals surface area contributed by atoms with Gasteiger partial charge in [0, 0.05) is 42.6 Å². The molecule has 1 aromatic rings. The third-order valence-electron chi connectivity index (χ3n) is 2.18. The Morgan fingerprint density at radius 2 is 2.64 bits per heavy atom. The van der Waals surface area contributed by atoms with Gasteiger partial charge in [0.1, 0.15) is 0 Å². The van der Waals surface area contributed by atoms with Crippen molar-refractivity contribution in [1.82, 2.24) is 15.6 Å². The lowest BCUT2D eigenvalue weighted by Gasteiger charge is -2.23. The van der Waals surface area contributed by atoms with Crippen LogP contribution in [0.15, 0.2) is 10.9 Å². The highest BCUT2D eigenvalue weighted by Gasteiger charge is 2.11. The molecule has 0 amide bonds. The van der Waals surface area contributed by atoms with E-state index in [1.807, 2.05) is 17.3 Å². The quantitative estimate of drug-likeness (QED) is 0.806. The predicted molar refractivity (Wildman–Crippen MR) is 62.9 cm³/mol. The fourth-order valence-electron chi connectivity index (χ4n) is 1.45. The first-order valence-electron chi connectivity index (χ1n) is 4.84. The molecule has 5 heteroatoms. The summed E-state index contributed by atoms with van der Waals surface area (Å²) in [4.78, 5) is 4.23. The van der Waals surface area contributed by atoms with Crippen molar-refractivity contribution in [2.45, 2.75) is 12.6 Å². The zero-order valence-electron chi connectivity index (χ0n) is 8.03. The molecule has 78 valence electrons. The summed E-state index contributed by atoms with van der Waals surface area (Å²) < 4.78 is 0. The minimum absolute atomic E-state index is 0.632. The topological polar surface area (TPSA) is 37.0 Å². The van der Waals surface area contributed by atoms with E-state index in [0.29, 0.717) is 6.04 Å². The molecular formula is C9H15N3S2. The largest absolute Gasteiger partial charge is 0.311 e. The van der Waals surface area contributed by atoms with E-state index < -0.39 is 0 Å². The van der Waals surface area contributed by atoms with Gasteiger partial charge in [0.05, 0.1) is 11.2 Å². The van der Waals surface area contributed by atoms with E-state index in [4.69, 9.17) is 0 Å². The average molecular weight is 229 g/mol. The number of nitrogens with zero attached hydrogens (tertiary/aromatic N) is 1. The first kappa shape index (κ1) is 10.4. The van der Waals surface area contributed by atoms with Crippen molar-refractivity contribution in [2.24, 2.45) is 0 Å². The maximum Gasteiger partial charge on any atom is 0.0795 e. The zero-order chi connectivity index (χ0) is 9.64. The van der Waals surface area contributed by atoms with Gasteiger partial charge in [-0.15, -0.1) is 11.3 Å². The molecule has 0 aromatic carbocycles. The maximum atomic E-state index is 4.23. The number of hydrogen-bond donors (Lipinski definition) is 2. The Hall–Kier alpha value is -0.100. The molecule has 2 N–H and O–H groups in total. The van der Waals surface area contributed by atoms with Crippen molar-refractivity contribution in [2.75, 3.05) is 24.6 Å². The maximum absolute atomic E-state index is 4.23. The van der Waals surface area contributed by atoms with Gasteiger partial charge in [0.2, 0.25) is 0 Å². The van der Waals surface area contributed by atoms with E-state index in [0.717, 1.165) is 25.3 Å². The molecule has 0 saturated carbocycles. The van der Waals surface area contributed by atoms with Crippen LogP contribution in [0, 0.1) is 0 Å². The minimum atomic E-state index is 0.632. The summed E-state index contributed by atoms with van der Waals surface area (Å²) >= 11 is 3.69. The van der Waals surface area contributed by atoms with Gasteiger partial charge in [-0.25, -0.2) is 4.98 Å². The van der Waals surface area contributed by atoms with Gasteiger partial charge in [-0.1, -0.05) is 0 Å². The van der Waals surface area contributed by atoms with E-state index in [2.05, 4.69) is 21.0 Å². The van der Waals surface area contributed by atoms with E-state index >= 15 is 0 Å². The van der Waals surface area contributed by atoms with Crippen LogP contribution < -0.4 is 10.6 Å². The molecule has 0 radical (unpaired) electrons. The normalized spacial score (nSPS) is 22.4. The van der Waals surface area contributed by atoms with Gasteiger partial charge in [-0.05, 0) is 0 Å². The van der Waals surface area contributed by atoms with Crippen molar-refractivity contribution < 1.29 is 0 Å². The van der Waals surface area contributed by atoms with E-state index in [9.17, 15) is 0 Å². The summed E-state index contributed by atoms with van der Waals surface area (Å²) in [5.41, 5.74) is 3.03. The van der Waals surface area contributed by atoms with Crippen LogP contribution in [-0.4, -0.2) is 35.6 Å². The first-order chi connectivity index (χ1) is 6.95. The van der Waals surface area contributed by atoms with Crippen molar-refractivity contribution in [3.8, 4) is 0 Å². The number of thioether (sulfide) groups is 1. The molecule has 2 heterocycles. The van der Waals surface area contributed by atoms with Crippen LogP contribution in [0.4, 0.5) is 0 Å². The molecule has 1 aliphatic rings. The van der Waals surface area contributed by atoms with E-state index in [-0.39, 0.29) is 0 Å². The highest BCUT2D eigenvalue weighted by molar-refractivity contribution is 7.99. The molecule has 1 aromatic heterocycles. The summed E-state index contributed by atoms with van der Waals surface area (Å²) in [7, 11) is 0. The second-order valence-corrected chi connectivity index (χ2v) is 5.21. The third-order valence-corrected chi connectivity index (χ3v) is 3.94. The van der Waals surface area contributed by atoms with Crippen molar-refractivity contribution in [3.63, 3.8) is 0 Å². The Kier molecular flexibility index (Phi) is 4.24. The number of rotatable bonds is 4. The SMILES string of the molecule is c1nc(CNCC2CSCCN2)cs1. The molecule has 0 spiro atoms. The molecule has 1 aliphatic heterocycles. The Morgan fingerprint density at radius 1 is 1.64 bits per heavy atom. The fraction of sp³-hybridized carbons (Fsp3) is 0.667. The predicted octanol–water partition coefficient (Wildman–Crippen LogP) is 0.938. The summed E-state index contributed by atoms with van der Waals surface area (Å²) in [5.74, 6) is 2.48. The number of aromatic nitrogens is 1. The molecule has 2 rings (SSSR count). The number of hydrogen-bond acceptors (Lipinski definition) is 5. The van der Waals surface area contributed by atoms with Crippen LogP contribution in [0.5, 0.6) is 0 Å². The molecule has 0 aliphatic carbocycles. The standard InChI is InChI=1S/C9H15N3S2/c1-2-13-5-8(11-1)3-10-4-9-6-14-7-12-9/h6-8,10-11H,1-5H2. The number of nitrogens with one attached hydrogen (secondary N) is 2. The average Bonchev–Trinajstić information content (AvgIpc) is 2.72. The van der Waals surface area contributed by atoms with Crippen LogP contribution >= 0.6 is 23.1 Å². The molecule has 3 nitrogen and oxygen atoms in total. The lowest BCUT2D eigenvalue weighted by Crippen LogP contribution is -2.44. The van der Waals surface area contributed by atoms with Gasteiger partial charge in [-0.2, -0.15) is 11.8 Å². The third kappa shape index (κ3) is 3.24. The highest BCUT2D eigenvalue weighted by Crippen LogP contribution is 2.07. The summed E-state index contributed by atoms with van der Waals surface area (Å²) in [6, 6.07) is 0.632. The molecule has 0 bridgehead atoms. The number of thiazole rings is 1. The summed E-state index contributed by atoms with van der Waals surface area (Å²) in [6.07, 6.45) is 0. The molecule has 14 heavy (non-hydrogen) atoms. The Labute approximate surface area is 92.7 Å². The van der Waals surface area contributed by atoms with Gasteiger partial charge < -0.3 is 10.6 Å². The van der Waals surface area contributed by atoms with Gasteiger partial charge >= 0.3 is 0 Å². The molecule has 1 fully saturated rings. The molecular weight excluding hydrogens is 214 g/mol. The van der Waals surface area contributed by atoms with Crippen LogP contribution in [0.3, 0.4) is 0 Å². The summed E-state index contributed by atoms with van der Waals surface area (Å²) in [6.45, 7) is 3.09. The Balaban J connectivity index is 1.62. The van der Waals surface area contributed by atoms with Gasteiger partial charge in [-0.3, -0.25) is 0 Å². The first-order valence-corrected chi connectivity index (χ1v) is 6.94. The molecule has 1 unspecified atom stereocenters. The lowest BCUT2D eigenvalue weighted by atomic mass is 10.3. The van der Waals surface area contributed by atoms with Crippen molar-refractivity contribution >= 4 is 23.1 Å². The summed E-state index contributed by atoms with van der Waals surface area (Å²) in [5, 5.41) is 9.02.